The van der Waals surface area contributed by atoms with Crippen LogP contribution in [-0.2, 0) is 10.1 Å². The zero-order valence-corrected chi connectivity index (χ0v) is 12.5. The Balaban J connectivity index is 2.42. The predicted molar refractivity (Wildman–Crippen MR) is 77.1 cm³/mol. The van der Waals surface area contributed by atoms with Crippen molar-refractivity contribution in [2.75, 3.05) is 0 Å². The van der Waals surface area contributed by atoms with Gasteiger partial charge in [-0.05, 0) is 12.1 Å². The van der Waals surface area contributed by atoms with Crippen LogP contribution in [0.1, 0.15) is 20.7 Å². The number of carbonyl (C=O) groups excluding carboxylic acids is 2. The lowest BCUT2D eigenvalue weighted by molar-refractivity contribution is 0.0278. The third kappa shape index (κ3) is 1.82. The minimum absolute atomic E-state index is 0.572. The molecule has 1 aromatic rings. The first kappa shape index (κ1) is 16.3. The maximum absolute atomic E-state index is 12.6. The number of phenols is 2. The molecule has 126 valence electrons. The predicted octanol–water partition coefficient (Wildman–Crippen LogP) is -0.720. The van der Waals surface area contributed by atoms with Crippen molar-refractivity contribution in [2.45, 2.75) is 11.0 Å². The minimum atomic E-state index is -5.45. The lowest BCUT2D eigenvalue weighted by Gasteiger charge is -2.35. The van der Waals surface area contributed by atoms with Crippen molar-refractivity contribution in [3.05, 3.63) is 46.6 Å². The number of rotatable bonds is 1. The van der Waals surface area contributed by atoms with Crippen LogP contribution in [0.5, 0.6) is 11.5 Å². The maximum Gasteiger partial charge on any atom is 0.302 e. The van der Waals surface area contributed by atoms with Gasteiger partial charge < -0.3 is 20.4 Å². The minimum Gasteiger partial charge on any atom is -0.507 e. The highest BCUT2D eigenvalue weighted by Gasteiger charge is 2.58. The summed E-state index contributed by atoms with van der Waals surface area (Å²) in [4.78, 5) is 21.6. The van der Waals surface area contributed by atoms with E-state index in [-0.39, 0.29) is 0 Å². The van der Waals surface area contributed by atoms with E-state index >= 15 is 0 Å². The number of hydrogen-bond donors (Lipinski definition) is 5. The third-order valence-electron chi connectivity index (χ3n) is 3.95. The van der Waals surface area contributed by atoms with Gasteiger partial charge in [-0.1, -0.05) is 12.2 Å². The first-order chi connectivity index (χ1) is 11.0. The molecule has 10 heteroatoms. The second-order valence-corrected chi connectivity index (χ2v) is 6.85. The van der Waals surface area contributed by atoms with Gasteiger partial charge in [0.15, 0.2) is 11.6 Å². The van der Waals surface area contributed by atoms with Gasteiger partial charge in [0, 0.05) is 5.57 Å². The van der Waals surface area contributed by atoms with Crippen molar-refractivity contribution in [1.82, 2.24) is 0 Å². The first-order valence-electron chi connectivity index (χ1n) is 6.46. The molecule has 2 aliphatic rings. The zero-order valence-electron chi connectivity index (χ0n) is 11.7. The monoisotopic (exact) mass is 354 g/mol. The van der Waals surface area contributed by atoms with Crippen molar-refractivity contribution in [2.24, 2.45) is 0 Å². The molecule has 2 unspecified atom stereocenters. The van der Waals surface area contributed by atoms with Gasteiger partial charge in [0.1, 0.15) is 17.6 Å². The van der Waals surface area contributed by atoms with Crippen LogP contribution in [0.15, 0.2) is 35.4 Å². The van der Waals surface area contributed by atoms with Crippen LogP contribution in [0.4, 0.5) is 0 Å². The van der Waals surface area contributed by atoms with Crippen LogP contribution >= 0.6 is 0 Å². The van der Waals surface area contributed by atoms with E-state index in [4.69, 9.17) is 0 Å². The van der Waals surface area contributed by atoms with Gasteiger partial charge in [-0.3, -0.25) is 14.1 Å². The molecule has 0 aliphatic heterocycles. The van der Waals surface area contributed by atoms with Gasteiger partial charge >= 0.3 is 10.1 Å². The highest BCUT2D eigenvalue weighted by Crippen LogP contribution is 2.44. The summed E-state index contributed by atoms with van der Waals surface area (Å²) in [6.45, 7) is 0. The molecular weight excluding hydrogens is 344 g/mol. The molecule has 9 nitrogen and oxygen atoms in total. The van der Waals surface area contributed by atoms with Crippen molar-refractivity contribution in [3.63, 3.8) is 0 Å². The number of aromatic hydroxyl groups is 2. The molecular formula is C14H10O9S. The highest BCUT2D eigenvalue weighted by molar-refractivity contribution is 7.87. The standard InChI is InChI=1S/C14H10O9S/c15-6-2-3-7(16)10-9(6)12(18)5-1-4-8(17)14(20,24(21,22)23)11(5)13(10)19/h1-4,8,15-17,20H,(H,21,22,23). The van der Waals surface area contributed by atoms with E-state index < -0.39 is 66.5 Å². The van der Waals surface area contributed by atoms with Gasteiger partial charge in [-0.15, -0.1) is 0 Å². The molecule has 0 fully saturated rings. The molecule has 0 spiro atoms. The second-order valence-electron chi connectivity index (χ2n) is 5.28. The number of benzene rings is 1. The van der Waals surface area contributed by atoms with Crippen LogP contribution in [-0.4, -0.2) is 56.0 Å². The number of carbonyl (C=O) groups is 2. The molecule has 0 heterocycles. The number of aliphatic hydroxyl groups is 2. The van der Waals surface area contributed by atoms with E-state index in [0.717, 1.165) is 18.2 Å². The van der Waals surface area contributed by atoms with Gasteiger partial charge in [-0.25, -0.2) is 0 Å². The van der Waals surface area contributed by atoms with Crippen LogP contribution < -0.4 is 0 Å². The molecule has 5 N–H and O–H groups in total. The summed E-state index contributed by atoms with van der Waals surface area (Å²) >= 11 is 0. The molecule has 2 atom stereocenters. The number of hydrogen-bond acceptors (Lipinski definition) is 8. The fraction of sp³-hybridized carbons (Fsp3) is 0.143. The summed E-state index contributed by atoms with van der Waals surface area (Å²) in [5.74, 6) is -3.76. The average Bonchev–Trinajstić information content (AvgIpc) is 2.48. The molecule has 0 amide bonds. The summed E-state index contributed by atoms with van der Waals surface area (Å²) in [6.07, 6.45) is -0.626. The summed E-state index contributed by atoms with van der Waals surface area (Å²) < 4.78 is 32.5. The summed E-state index contributed by atoms with van der Waals surface area (Å²) in [7, 11) is -5.45. The molecule has 0 aromatic heterocycles. The molecule has 0 radical (unpaired) electrons. The van der Waals surface area contributed by atoms with Crippen molar-refractivity contribution in [3.8, 4) is 11.5 Å². The van der Waals surface area contributed by atoms with Gasteiger partial charge in [0.05, 0.1) is 16.7 Å². The maximum atomic E-state index is 12.6. The SMILES string of the molecule is O=C1C2=C(C(=O)c3c(O)ccc(O)c31)C(O)(S(=O)(=O)O)C(O)C=C2. The van der Waals surface area contributed by atoms with E-state index in [1.54, 1.807) is 0 Å². The van der Waals surface area contributed by atoms with Crippen LogP contribution in [0.25, 0.3) is 0 Å². The van der Waals surface area contributed by atoms with Crippen LogP contribution in [0.2, 0.25) is 0 Å². The molecule has 2 aliphatic carbocycles. The Labute approximate surface area is 134 Å². The number of aliphatic hydroxyl groups excluding tert-OH is 1. The highest BCUT2D eigenvalue weighted by atomic mass is 32.2. The first-order valence-corrected chi connectivity index (χ1v) is 7.90. The smallest absolute Gasteiger partial charge is 0.302 e. The molecule has 0 bridgehead atoms. The normalized spacial score (nSPS) is 26.4. The number of Topliss-reactive ketones (excluding diaryl/α,β-unsaturated/α-hetero) is 2. The second kappa shape index (κ2) is 4.74. The Morgan fingerprint density at radius 2 is 1.50 bits per heavy atom. The lowest BCUT2D eigenvalue weighted by Crippen LogP contribution is -2.54. The Kier molecular flexibility index (Phi) is 3.22. The summed E-state index contributed by atoms with van der Waals surface area (Å²) in [6, 6.07) is 1.85. The van der Waals surface area contributed by atoms with Gasteiger partial charge in [0.2, 0.25) is 0 Å². The largest absolute Gasteiger partial charge is 0.507 e. The lowest BCUT2D eigenvalue weighted by atomic mass is 9.77. The molecule has 3 rings (SSSR count). The molecule has 24 heavy (non-hydrogen) atoms. The molecule has 0 saturated carbocycles. The van der Waals surface area contributed by atoms with E-state index in [1.165, 1.54) is 0 Å². The molecule has 1 aromatic carbocycles. The Morgan fingerprint density at radius 1 is 1.00 bits per heavy atom. The summed E-state index contributed by atoms with van der Waals surface area (Å²) in [5.41, 5.74) is -3.03. The van der Waals surface area contributed by atoms with E-state index in [1.807, 2.05) is 0 Å². The number of fused-ring (bicyclic) bond motifs is 1. The van der Waals surface area contributed by atoms with E-state index in [0.29, 0.717) is 6.08 Å². The molecule has 0 saturated heterocycles. The average molecular weight is 354 g/mol. The van der Waals surface area contributed by atoms with Gasteiger partial charge in [0.25, 0.3) is 4.93 Å². The zero-order chi connectivity index (χ0) is 18.0. The number of allylic oxidation sites excluding steroid dienone is 2. The third-order valence-corrected chi connectivity index (χ3v) is 5.19. The summed E-state index contributed by atoms with van der Waals surface area (Å²) in [5, 5.41) is 39.7. The van der Waals surface area contributed by atoms with Gasteiger partial charge in [-0.2, -0.15) is 8.42 Å². The number of ketones is 2. The quantitative estimate of drug-likeness (QED) is 0.322. The van der Waals surface area contributed by atoms with Crippen LogP contribution in [0.3, 0.4) is 0 Å². The van der Waals surface area contributed by atoms with E-state index in [9.17, 15) is 43.0 Å². The number of phenolic OH excluding ortho intramolecular Hbond substituents is 2. The van der Waals surface area contributed by atoms with Crippen LogP contribution in [0, 0.1) is 0 Å². The van der Waals surface area contributed by atoms with E-state index in [2.05, 4.69) is 0 Å². The fourth-order valence-electron chi connectivity index (χ4n) is 2.80. The Hall–Kier alpha value is -2.53. The van der Waals surface area contributed by atoms with Crippen molar-refractivity contribution >= 4 is 21.7 Å². The fourth-order valence-corrected chi connectivity index (χ4v) is 3.64. The Morgan fingerprint density at radius 3 is 2.00 bits per heavy atom. The van der Waals surface area contributed by atoms with Crippen molar-refractivity contribution < 1.29 is 43.0 Å². The van der Waals surface area contributed by atoms with Crippen molar-refractivity contribution in [1.29, 1.82) is 0 Å². The Bertz CT molecular complexity index is 970. The topological polar surface area (TPSA) is 169 Å².